The van der Waals surface area contributed by atoms with Crippen LogP contribution >= 0.6 is 0 Å². The van der Waals surface area contributed by atoms with Crippen LogP contribution in [0.5, 0.6) is 0 Å². The van der Waals surface area contributed by atoms with Gasteiger partial charge in [-0.05, 0) is 84.1 Å². The summed E-state index contributed by atoms with van der Waals surface area (Å²) in [5.74, 6) is 0. The van der Waals surface area contributed by atoms with Gasteiger partial charge in [0.05, 0.1) is 0 Å². The molecule has 0 saturated carbocycles. The molecule has 22 heavy (non-hydrogen) atoms. The number of benzene rings is 1. The van der Waals surface area contributed by atoms with Gasteiger partial charge in [-0.2, -0.15) is 0 Å². The van der Waals surface area contributed by atoms with E-state index in [1.807, 2.05) is 24.5 Å². The van der Waals surface area contributed by atoms with Crippen LogP contribution in [0.4, 0.5) is 0 Å². The molecule has 1 heterocycles. The fourth-order valence-corrected chi connectivity index (χ4v) is 3.13. The molecule has 0 amide bonds. The van der Waals surface area contributed by atoms with Gasteiger partial charge < -0.3 is 0 Å². The van der Waals surface area contributed by atoms with Crippen molar-refractivity contribution >= 4 is 11.1 Å². The van der Waals surface area contributed by atoms with Gasteiger partial charge in [-0.3, -0.25) is 4.98 Å². The molecule has 3 rings (SSSR count). The van der Waals surface area contributed by atoms with Crippen molar-refractivity contribution in [1.29, 1.82) is 0 Å². The maximum absolute atomic E-state index is 4.29. The van der Waals surface area contributed by atoms with Gasteiger partial charge >= 0.3 is 0 Å². The first-order valence-corrected chi connectivity index (χ1v) is 8.12. The van der Waals surface area contributed by atoms with Gasteiger partial charge in [-0.25, -0.2) is 0 Å². The first-order chi connectivity index (χ1) is 10.7. The molecular weight excluding hydrogens is 266 g/mol. The van der Waals surface area contributed by atoms with Gasteiger partial charge in [-0.15, -0.1) is 0 Å². The average molecular weight is 289 g/mol. The molecule has 0 atom stereocenters. The highest BCUT2D eigenvalue weighted by atomic mass is 14.6. The number of allylic oxidation sites excluding steroid dienone is 2. The molecule has 1 aliphatic rings. The monoisotopic (exact) mass is 289 g/mol. The molecule has 1 aliphatic carbocycles. The van der Waals surface area contributed by atoms with Crippen LogP contribution < -0.4 is 0 Å². The molecule has 0 unspecified atom stereocenters. The molecule has 1 aromatic carbocycles. The van der Waals surface area contributed by atoms with Crippen LogP contribution in [0.3, 0.4) is 0 Å². The Labute approximate surface area is 133 Å². The first kappa shape index (κ1) is 14.8. The van der Waals surface area contributed by atoms with Crippen LogP contribution in [0.15, 0.2) is 55.9 Å². The molecule has 0 spiro atoms. The Hall–Kier alpha value is -2.15. The number of hydrogen-bond acceptors (Lipinski definition) is 1. The highest BCUT2D eigenvalue weighted by Gasteiger charge is 2.10. The molecular formula is C21H23N. The molecule has 0 aliphatic heterocycles. The van der Waals surface area contributed by atoms with Crippen molar-refractivity contribution in [1.82, 2.24) is 4.98 Å². The van der Waals surface area contributed by atoms with Crippen LogP contribution in [0, 0.1) is 0 Å². The molecule has 0 radical (unpaired) electrons. The lowest BCUT2D eigenvalue weighted by molar-refractivity contribution is 0.685. The Balaban J connectivity index is 1.64. The minimum absolute atomic E-state index is 0.944. The topological polar surface area (TPSA) is 12.9 Å². The quantitative estimate of drug-likeness (QED) is 0.711. The summed E-state index contributed by atoms with van der Waals surface area (Å²) in [6.07, 6.45) is 10.7. The normalized spacial score (nSPS) is 13.5. The van der Waals surface area contributed by atoms with Crippen LogP contribution in [-0.2, 0) is 12.8 Å². The Morgan fingerprint density at radius 1 is 0.818 bits per heavy atom. The Bertz CT molecular complexity index is 682. The van der Waals surface area contributed by atoms with Crippen molar-refractivity contribution in [3.8, 4) is 0 Å². The van der Waals surface area contributed by atoms with E-state index in [0.29, 0.717) is 0 Å². The Morgan fingerprint density at radius 3 is 2.18 bits per heavy atom. The van der Waals surface area contributed by atoms with E-state index in [-0.39, 0.29) is 0 Å². The van der Waals surface area contributed by atoms with E-state index in [2.05, 4.69) is 36.3 Å². The average Bonchev–Trinajstić information content (AvgIpc) is 2.59. The Morgan fingerprint density at radius 2 is 1.45 bits per heavy atom. The third-order valence-electron chi connectivity index (χ3n) is 4.57. The second-order valence-corrected chi connectivity index (χ2v) is 6.13. The Kier molecular flexibility index (Phi) is 4.53. The summed E-state index contributed by atoms with van der Waals surface area (Å²) in [7, 11) is 0. The van der Waals surface area contributed by atoms with Gasteiger partial charge in [0.1, 0.15) is 0 Å². The minimum Gasteiger partial charge on any atom is -0.265 e. The van der Waals surface area contributed by atoms with E-state index in [1.54, 1.807) is 0 Å². The molecule has 1 nitrogen and oxygen atoms in total. The molecule has 1 heteroatoms. The maximum atomic E-state index is 4.29. The lowest BCUT2D eigenvalue weighted by Gasteiger charge is -2.17. The zero-order chi connectivity index (χ0) is 15.4. The molecule has 112 valence electrons. The van der Waals surface area contributed by atoms with E-state index < -0.39 is 0 Å². The van der Waals surface area contributed by atoms with Gasteiger partial charge in [0.15, 0.2) is 0 Å². The number of pyridine rings is 1. The summed E-state index contributed by atoms with van der Waals surface area (Å²) in [6, 6.07) is 10.9. The zero-order valence-electron chi connectivity index (χ0n) is 13.1. The van der Waals surface area contributed by atoms with Crippen molar-refractivity contribution in [2.75, 3.05) is 0 Å². The van der Waals surface area contributed by atoms with E-state index >= 15 is 0 Å². The van der Waals surface area contributed by atoms with Crippen molar-refractivity contribution in [2.24, 2.45) is 0 Å². The third kappa shape index (κ3) is 3.36. The van der Waals surface area contributed by atoms with E-state index in [1.165, 1.54) is 53.5 Å². The SMILES string of the molecule is C=C(CCC(=C)c1ccc2c(c1)CCCC2)c1ccncc1. The van der Waals surface area contributed by atoms with Gasteiger partial charge in [-0.1, -0.05) is 31.4 Å². The second kappa shape index (κ2) is 6.74. The first-order valence-electron chi connectivity index (χ1n) is 8.12. The lowest BCUT2D eigenvalue weighted by Crippen LogP contribution is -2.03. The number of fused-ring (bicyclic) bond motifs is 1. The fourth-order valence-electron chi connectivity index (χ4n) is 3.13. The highest BCUT2D eigenvalue weighted by Crippen LogP contribution is 2.28. The summed E-state index contributed by atoms with van der Waals surface area (Å²) in [5, 5.41) is 0. The fraction of sp³-hybridized carbons (Fsp3) is 0.286. The summed E-state index contributed by atoms with van der Waals surface area (Å²) in [6.45, 7) is 8.48. The number of hydrogen-bond donors (Lipinski definition) is 0. The van der Waals surface area contributed by atoms with E-state index in [9.17, 15) is 0 Å². The summed E-state index contributed by atoms with van der Waals surface area (Å²) in [5.41, 5.74) is 7.89. The number of aromatic nitrogens is 1. The van der Waals surface area contributed by atoms with Crippen LogP contribution in [0.2, 0.25) is 0 Å². The largest absolute Gasteiger partial charge is 0.265 e. The van der Waals surface area contributed by atoms with Crippen molar-refractivity contribution in [2.45, 2.75) is 38.5 Å². The predicted molar refractivity (Wildman–Crippen MR) is 94.6 cm³/mol. The van der Waals surface area contributed by atoms with Crippen LogP contribution in [-0.4, -0.2) is 4.98 Å². The van der Waals surface area contributed by atoms with E-state index in [0.717, 1.165) is 18.4 Å². The zero-order valence-corrected chi connectivity index (χ0v) is 13.1. The van der Waals surface area contributed by atoms with E-state index in [4.69, 9.17) is 0 Å². The standard InChI is InChI=1S/C21H23N/c1-16(18-11-13-22-14-12-18)7-8-17(2)20-10-9-19-5-3-4-6-21(19)15-20/h9-15H,1-8H2. The van der Waals surface area contributed by atoms with Crippen LogP contribution in [0.1, 0.15) is 47.9 Å². The predicted octanol–water partition coefficient (Wildman–Crippen LogP) is 5.47. The number of nitrogens with zero attached hydrogens (tertiary/aromatic N) is 1. The lowest BCUT2D eigenvalue weighted by atomic mass is 9.88. The number of aryl methyl sites for hydroxylation is 2. The smallest absolute Gasteiger partial charge is 0.0273 e. The second-order valence-electron chi connectivity index (χ2n) is 6.13. The number of rotatable bonds is 5. The van der Waals surface area contributed by atoms with Gasteiger partial charge in [0, 0.05) is 12.4 Å². The molecule has 0 bridgehead atoms. The summed E-state index contributed by atoms with van der Waals surface area (Å²) < 4.78 is 0. The summed E-state index contributed by atoms with van der Waals surface area (Å²) >= 11 is 0. The summed E-state index contributed by atoms with van der Waals surface area (Å²) in [4.78, 5) is 4.05. The highest BCUT2D eigenvalue weighted by molar-refractivity contribution is 5.69. The van der Waals surface area contributed by atoms with Crippen molar-refractivity contribution in [3.63, 3.8) is 0 Å². The molecule has 1 aromatic heterocycles. The van der Waals surface area contributed by atoms with Gasteiger partial charge in [0.2, 0.25) is 0 Å². The van der Waals surface area contributed by atoms with Crippen molar-refractivity contribution in [3.05, 3.63) is 78.1 Å². The van der Waals surface area contributed by atoms with Crippen molar-refractivity contribution < 1.29 is 0 Å². The third-order valence-corrected chi connectivity index (χ3v) is 4.57. The molecule has 2 aromatic rings. The molecule has 0 fully saturated rings. The van der Waals surface area contributed by atoms with Gasteiger partial charge in [0.25, 0.3) is 0 Å². The molecule has 0 N–H and O–H groups in total. The maximum Gasteiger partial charge on any atom is 0.0273 e. The molecule has 0 saturated heterocycles. The van der Waals surface area contributed by atoms with Crippen LogP contribution in [0.25, 0.3) is 11.1 Å². The minimum atomic E-state index is 0.944.